The van der Waals surface area contributed by atoms with Crippen molar-refractivity contribution in [1.29, 1.82) is 0 Å². The zero-order valence-corrected chi connectivity index (χ0v) is 16.2. The minimum Gasteiger partial charge on any atom is -0.342 e. The maximum atomic E-state index is 12.3. The molecule has 0 bridgehead atoms. The molecule has 2 heterocycles. The van der Waals surface area contributed by atoms with Crippen molar-refractivity contribution >= 4 is 17.7 Å². The summed E-state index contributed by atoms with van der Waals surface area (Å²) in [6, 6.07) is 0.655. The lowest BCUT2D eigenvalue weighted by Gasteiger charge is -2.35. The quantitative estimate of drug-likeness (QED) is 0.816. The van der Waals surface area contributed by atoms with E-state index in [1.165, 1.54) is 12.8 Å². The third kappa shape index (κ3) is 4.13. The Morgan fingerprint density at radius 1 is 1.17 bits per heavy atom. The fourth-order valence-corrected chi connectivity index (χ4v) is 4.58. The molecule has 0 N–H and O–H groups in total. The number of aryl methyl sites for hydroxylation is 1. The van der Waals surface area contributed by atoms with E-state index in [0.717, 1.165) is 55.0 Å². The molecule has 2 aliphatic rings. The molecule has 1 aliphatic carbocycles. The van der Waals surface area contributed by atoms with E-state index in [4.69, 9.17) is 0 Å². The number of aromatic nitrogens is 3. The van der Waals surface area contributed by atoms with Crippen molar-refractivity contribution < 1.29 is 4.79 Å². The zero-order chi connectivity index (χ0) is 17.3. The molecular formula is C18H30N4OS. The van der Waals surface area contributed by atoms with Gasteiger partial charge in [-0.15, -0.1) is 10.2 Å². The Labute approximate surface area is 149 Å². The maximum absolute atomic E-state index is 12.3. The van der Waals surface area contributed by atoms with E-state index in [-0.39, 0.29) is 5.41 Å². The highest BCUT2D eigenvalue weighted by atomic mass is 32.2. The average molecular weight is 351 g/mol. The number of amides is 1. The van der Waals surface area contributed by atoms with Crippen LogP contribution in [0, 0.1) is 18.3 Å². The fourth-order valence-electron chi connectivity index (χ4n) is 3.41. The van der Waals surface area contributed by atoms with E-state index in [9.17, 15) is 4.79 Å². The summed E-state index contributed by atoms with van der Waals surface area (Å²) in [6.45, 7) is 9.92. The number of likely N-dealkylation sites (tertiary alicyclic amines) is 1. The Balaban J connectivity index is 1.42. The summed E-state index contributed by atoms with van der Waals surface area (Å²) < 4.78 is 2.33. The molecule has 1 saturated carbocycles. The van der Waals surface area contributed by atoms with Gasteiger partial charge in [-0.05, 0) is 44.3 Å². The van der Waals surface area contributed by atoms with E-state index in [1.54, 1.807) is 0 Å². The van der Waals surface area contributed by atoms with E-state index >= 15 is 0 Å². The van der Waals surface area contributed by atoms with Crippen molar-refractivity contribution in [2.75, 3.05) is 18.8 Å². The van der Waals surface area contributed by atoms with Crippen molar-refractivity contribution in [3.8, 4) is 0 Å². The molecular weight excluding hydrogens is 320 g/mol. The van der Waals surface area contributed by atoms with Crippen molar-refractivity contribution in [2.24, 2.45) is 11.3 Å². The SMILES string of the molecule is Cc1nnc(CSCC2CCN(C(=O)C(C)(C)C)CC2)n1C1CC1. The molecule has 24 heavy (non-hydrogen) atoms. The second kappa shape index (κ2) is 7.06. The third-order valence-corrected chi connectivity index (χ3v) is 6.15. The number of thioether (sulfide) groups is 1. The molecule has 3 rings (SSSR count). The van der Waals surface area contributed by atoms with Gasteiger partial charge in [-0.1, -0.05) is 20.8 Å². The maximum Gasteiger partial charge on any atom is 0.227 e. The van der Waals surface area contributed by atoms with Gasteiger partial charge in [0, 0.05) is 24.5 Å². The number of hydrogen-bond acceptors (Lipinski definition) is 4. The predicted molar refractivity (Wildman–Crippen MR) is 98.0 cm³/mol. The molecule has 1 aromatic heterocycles. The molecule has 134 valence electrons. The average Bonchev–Trinajstić information content (AvgIpc) is 3.30. The Kier molecular flexibility index (Phi) is 5.23. The van der Waals surface area contributed by atoms with Gasteiger partial charge in [0.25, 0.3) is 0 Å². The van der Waals surface area contributed by atoms with Gasteiger partial charge < -0.3 is 9.47 Å². The molecule has 0 spiro atoms. The number of rotatable bonds is 5. The van der Waals surface area contributed by atoms with Crippen molar-refractivity contribution in [3.63, 3.8) is 0 Å². The Morgan fingerprint density at radius 2 is 1.83 bits per heavy atom. The van der Waals surface area contributed by atoms with Crippen LogP contribution in [0.4, 0.5) is 0 Å². The normalized spacial score (nSPS) is 19.8. The summed E-state index contributed by atoms with van der Waals surface area (Å²) in [7, 11) is 0. The van der Waals surface area contributed by atoms with E-state index in [2.05, 4.69) is 21.7 Å². The van der Waals surface area contributed by atoms with Crippen LogP contribution in [0.5, 0.6) is 0 Å². The molecule has 2 fully saturated rings. The second-order valence-electron chi connectivity index (χ2n) is 8.27. The molecule has 0 atom stereocenters. The van der Waals surface area contributed by atoms with E-state index < -0.39 is 0 Å². The van der Waals surface area contributed by atoms with Crippen LogP contribution in [0.3, 0.4) is 0 Å². The largest absolute Gasteiger partial charge is 0.342 e. The number of nitrogens with zero attached hydrogens (tertiary/aromatic N) is 4. The van der Waals surface area contributed by atoms with Crippen LogP contribution in [0.1, 0.15) is 64.1 Å². The van der Waals surface area contributed by atoms with Gasteiger partial charge in [0.1, 0.15) is 11.6 Å². The first-order chi connectivity index (χ1) is 11.4. The summed E-state index contributed by atoms with van der Waals surface area (Å²) in [5, 5.41) is 8.61. The van der Waals surface area contributed by atoms with Crippen LogP contribution in [-0.2, 0) is 10.5 Å². The van der Waals surface area contributed by atoms with Gasteiger partial charge >= 0.3 is 0 Å². The molecule has 0 unspecified atom stereocenters. The highest BCUT2D eigenvalue weighted by molar-refractivity contribution is 7.98. The minimum absolute atomic E-state index is 0.258. The first kappa shape index (κ1) is 17.8. The van der Waals surface area contributed by atoms with E-state index in [1.807, 2.05) is 37.4 Å². The molecule has 1 aliphatic heterocycles. The zero-order valence-electron chi connectivity index (χ0n) is 15.4. The summed E-state index contributed by atoms with van der Waals surface area (Å²) in [4.78, 5) is 14.4. The molecule has 1 saturated heterocycles. The minimum atomic E-state index is -0.258. The second-order valence-corrected chi connectivity index (χ2v) is 9.30. The first-order valence-corrected chi connectivity index (χ1v) is 10.3. The van der Waals surface area contributed by atoms with Crippen LogP contribution < -0.4 is 0 Å². The predicted octanol–water partition coefficient (Wildman–Crippen LogP) is 3.44. The van der Waals surface area contributed by atoms with Crippen molar-refractivity contribution in [2.45, 2.75) is 65.2 Å². The Hall–Kier alpha value is -1.04. The summed E-state index contributed by atoms with van der Waals surface area (Å²) in [5.74, 6) is 5.33. The van der Waals surface area contributed by atoms with Crippen LogP contribution >= 0.6 is 11.8 Å². The molecule has 5 nitrogen and oxygen atoms in total. The number of carbonyl (C=O) groups excluding carboxylic acids is 1. The van der Waals surface area contributed by atoms with Gasteiger partial charge in [-0.2, -0.15) is 11.8 Å². The summed E-state index contributed by atoms with van der Waals surface area (Å²) >= 11 is 1.97. The van der Waals surface area contributed by atoms with Crippen molar-refractivity contribution in [3.05, 3.63) is 11.6 Å². The topological polar surface area (TPSA) is 51.0 Å². The first-order valence-electron chi connectivity index (χ1n) is 9.13. The van der Waals surface area contributed by atoms with E-state index in [0.29, 0.717) is 11.9 Å². The fraction of sp³-hybridized carbons (Fsp3) is 0.833. The highest BCUT2D eigenvalue weighted by Gasteiger charge is 2.31. The van der Waals surface area contributed by atoms with Crippen LogP contribution in [0.15, 0.2) is 0 Å². The number of carbonyl (C=O) groups is 1. The molecule has 0 aromatic carbocycles. The Morgan fingerprint density at radius 3 is 2.42 bits per heavy atom. The van der Waals surface area contributed by atoms with Gasteiger partial charge in [-0.25, -0.2) is 0 Å². The number of hydrogen-bond donors (Lipinski definition) is 0. The third-order valence-electron chi connectivity index (χ3n) is 4.98. The lowest BCUT2D eigenvalue weighted by atomic mass is 9.92. The van der Waals surface area contributed by atoms with Crippen LogP contribution in [-0.4, -0.2) is 44.4 Å². The molecule has 1 aromatic rings. The van der Waals surface area contributed by atoms with Crippen molar-refractivity contribution in [1.82, 2.24) is 19.7 Å². The Bertz CT molecular complexity index is 580. The van der Waals surface area contributed by atoms with Crippen LogP contribution in [0.2, 0.25) is 0 Å². The lowest BCUT2D eigenvalue weighted by molar-refractivity contribution is -0.140. The summed E-state index contributed by atoms with van der Waals surface area (Å²) in [6.07, 6.45) is 4.81. The van der Waals surface area contributed by atoms with Gasteiger partial charge in [0.2, 0.25) is 5.91 Å². The van der Waals surface area contributed by atoms with Crippen LogP contribution in [0.25, 0.3) is 0 Å². The monoisotopic (exact) mass is 350 g/mol. The standard InChI is InChI=1S/C18H30N4OS/c1-13-19-20-16(22(13)15-5-6-15)12-24-11-14-7-9-21(10-8-14)17(23)18(2,3)4/h14-15H,5-12H2,1-4H3. The lowest BCUT2D eigenvalue weighted by Crippen LogP contribution is -2.44. The van der Waals surface area contributed by atoms with Gasteiger partial charge in [0.05, 0.1) is 5.75 Å². The highest BCUT2D eigenvalue weighted by Crippen LogP contribution is 2.37. The molecule has 0 radical (unpaired) electrons. The smallest absolute Gasteiger partial charge is 0.227 e. The molecule has 6 heteroatoms. The summed E-state index contributed by atoms with van der Waals surface area (Å²) in [5.41, 5.74) is -0.258. The number of piperidine rings is 1. The molecule has 1 amide bonds. The van der Waals surface area contributed by atoms with Gasteiger partial charge in [-0.3, -0.25) is 4.79 Å². The van der Waals surface area contributed by atoms with Gasteiger partial charge in [0.15, 0.2) is 0 Å².